The van der Waals surface area contributed by atoms with Crippen molar-refractivity contribution in [1.29, 1.82) is 0 Å². The van der Waals surface area contributed by atoms with Gasteiger partial charge in [-0.15, -0.1) is 0 Å². The number of rotatable bonds is 4. The highest BCUT2D eigenvalue weighted by Crippen LogP contribution is 2.19. The molecule has 1 saturated heterocycles. The van der Waals surface area contributed by atoms with Crippen molar-refractivity contribution in [2.75, 3.05) is 20.2 Å². The molecule has 4 nitrogen and oxygen atoms in total. The molecule has 0 unspecified atom stereocenters. The standard InChI is InChI=1S/C14H20N2O2/c1-14(15)9-16(10-14)13(17)8-5-11-3-6-12(18-2)7-4-11/h3-4,6-7H,5,8-10,15H2,1-2H3. The van der Waals surface area contributed by atoms with Crippen molar-refractivity contribution in [3.8, 4) is 5.75 Å². The van der Waals surface area contributed by atoms with Crippen LogP contribution in [-0.2, 0) is 11.2 Å². The summed E-state index contributed by atoms with van der Waals surface area (Å²) in [6.45, 7) is 3.32. The average Bonchev–Trinajstić information content (AvgIpc) is 2.33. The summed E-state index contributed by atoms with van der Waals surface area (Å²) in [5.41, 5.74) is 6.85. The molecule has 1 heterocycles. The van der Waals surface area contributed by atoms with Gasteiger partial charge in [-0.3, -0.25) is 4.79 Å². The summed E-state index contributed by atoms with van der Waals surface area (Å²) in [5.74, 6) is 1.03. The van der Waals surface area contributed by atoms with E-state index in [0.29, 0.717) is 19.5 Å². The first-order chi connectivity index (χ1) is 8.50. The van der Waals surface area contributed by atoms with Crippen molar-refractivity contribution in [2.24, 2.45) is 5.73 Å². The molecule has 0 saturated carbocycles. The highest BCUT2D eigenvalue weighted by Gasteiger charge is 2.37. The lowest BCUT2D eigenvalue weighted by atomic mass is 9.93. The molecule has 2 rings (SSSR count). The molecule has 0 radical (unpaired) electrons. The minimum Gasteiger partial charge on any atom is -0.497 e. The Morgan fingerprint density at radius 1 is 1.39 bits per heavy atom. The van der Waals surface area contributed by atoms with Crippen LogP contribution in [-0.4, -0.2) is 36.5 Å². The quantitative estimate of drug-likeness (QED) is 0.870. The van der Waals surface area contributed by atoms with Gasteiger partial charge in [0.05, 0.1) is 7.11 Å². The zero-order valence-corrected chi connectivity index (χ0v) is 11.0. The smallest absolute Gasteiger partial charge is 0.223 e. The van der Waals surface area contributed by atoms with Gasteiger partial charge >= 0.3 is 0 Å². The second-order valence-electron chi connectivity index (χ2n) is 5.25. The Kier molecular flexibility index (Phi) is 3.57. The van der Waals surface area contributed by atoms with Crippen molar-refractivity contribution in [3.63, 3.8) is 0 Å². The number of likely N-dealkylation sites (tertiary alicyclic amines) is 1. The molecule has 2 N–H and O–H groups in total. The number of nitrogens with two attached hydrogens (primary N) is 1. The van der Waals surface area contributed by atoms with Crippen molar-refractivity contribution in [3.05, 3.63) is 29.8 Å². The fourth-order valence-electron chi connectivity index (χ4n) is 2.20. The van der Waals surface area contributed by atoms with Gasteiger partial charge in [-0.2, -0.15) is 0 Å². The van der Waals surface area contributed by atoms with E-state index in [4.69, 9.17) is 10.5 Å². The van der Waals surface area contributed by atoms with E-state index >= 15 is 0 Å². The Labute approximate surface area is 108 Å². The fraction of sp³-hybridized carbons (Fsp3) is 0.500. The Bertz CT molecular complexity index is 418. The SMILES string of the molecule is COc1ccc(CCC(=O)N2CC(C)(N)C2)cc1. The van der Waals surface area contributed by atoms with Gasteiger partial charge in [-0.1, -0.05) is 12.1 Å². The molecular weight excluding hydrogens is 228 g/mol. The zero-order valence-electron chi connectivity index (χ0n) is 11.0. The third-order valence-corrected chi connectivity index (χ3v) is 3.24. The summed E-state index contributed by atoms with van der Waals surface area (Å²) in [6, 6.07) is 7.82. The summed E-state index contributed by atoms with van der Waals surface area (Å²) >= 11 is 0. The van der Waals surface area contributed by atoms with E-state index < -0.39 is 0 Å². The van der Waals surface area contributed by atoms with Gasteiger partial charge in [0.2, 0.25) is 5.91 Å². The van der Waals surface area contributed by atoms with Crippen LogP contribution in [0.3, 0.4) is 0 Å². The van der Waals surface area contributed by atoms with Crippen LogP contribution in [0.4, 0.5) is 0 Å². The van der Waals surface area contributed by atoms with Crippen LogP contribution >= 0.6 is 0 Å². The van der Waals surface area contributed by atoms with Gasteiger partial charge < -0.3 is 15.4 Å². The normalized spacial score (nSPS) is 17.2. The fourth-order valence-corrected chi connectivity index (χ4v) is 2.20. The molecule has 1 aliphatic heterocycles. The largest absolute Gasteiger partial charge is 0.497 e. The molecular formula is C14H20N2O2. The van der Waals surface area contributed by atoms with E-state index in [-0.39, 0.29) is 11.4 Å². The lowest BCUT2D eigenvalue weighted by Gasteiger charge is -2.45. The maximum absolute atomic E-state index is 11.9. The highest BCUT2D eigenvalue weighted by atomic mass is 16.5. The van der Waals surface area contributed by atoms with Crippen molar-refractivity contribution < 1.29 is 9.53 Å². The molecule has 0 atom stereocenters. The summed E-state index contributed by atoms with van der Waals surface area (Å²) in [5, 5.41) is 0. The van der Waals surface area contributed by atoms with Gasteiger partial charge in [-0.25, -0.2) is 0 Å². The number of ether oxygens (including phenoxy) is 1. The molecule has 4 heteroatoms. The van der Waals surface area contributed by atoms with Gasteiger partial charge in [0.15, 0.2) is 0 Å². The molecule has 1 amide bonds. The number of hydrogen-bond donors (Lipinski definition) is 1. The van der Waals surface area contributed by atoms with Crippen LogP contribution in [0.2, 0.25) is 0 Å². The van der Waals surface area contributed by atoms with E-state index in [9.17, 15) is 4.79 Å². The average molecular weight is 248 g/mol. The van der Waals surface area contributed by atoms with Crippen molar-refractivity contribution in [1.82, 2.24) is 4.90 Å². The number of carbonyl (C=O) groups is 1. The van der Waals surface area contributed by atoms with Crippen LogP contribution in [0, 0.1) is 0 Å². The number of benzene rings is 1. The van der Waals surface area contributed by atoms with Crippen LogP contribution in [0.25, 0.3) is 0 Å². The molecule has 0 bridgehead atoms. The molecule has 98 valence electrons. The lowest BCUT2D eigenvalue weighted by Crippen LogP contribution is -2.66. The number of hydrogen-bond acceptors (Lipinski definition) is 3. The Balaban J connectivity index is 1.79. The minimum absolute atomic E-state index is 0.185. The number of aryl methyl sites for hydroxylation is 1. The second kappa shape index (κ2) is 4.98. The topological polar surface area (TPSA) is 55.6 Å². The molecule has 0 aromatic heterocycles. The number of methoxy groups -OCH3 is 1. The Morgan fingerprint density at radius 3 is 2.50 bits per heavy atom. The van der Waals surface area contributed by atoms with E-state index in [2.05, 4.69) is 0 Å². The highest BCUT2D eigenvalue weighted by molar-refractivity contribution is 5.77. The second-order valence-corrected chi connectivity index (χ2v) is 5.25. The number of nitrogens with zero attached hydrogens (tertiary/aromatic N) is 1. The summed E-state index contributed by atoms with van der Waals surface area (Å²) in [4.78, 5) is 13.7. The van der Waals surface area contributed by atoms with Gasteiger partial charge in [0.25, 0.3) is 0 Å². The maximum atomic E-state index is 11.9. The van der Waals surface area contributed by atoms with Crippen LogP contribution < -0.4 is 10.5 Å². The Hall–Kier alpha value is -1.55. The summed E-state index contributed by atoms with van der Waals surface area (Å²) in [6.07, 6.45) is 1.31. The molecule has 1 fully saturated rings. The first-order valence-electron chi connectivity index (χ1n) is 6.20. The first kappa shape index (κ1) is 12.9. The van der Waals surface area contributed by atoms with Gasteiger partial charge in [0.1, 0.15) is 5.75 Å². The number of amides is 1. The first-order valence-corrected chi connectivity index (χ1v) is 6.20. The maximum Gasteiger partial charge on any atom is 0.223 e. The molecule has 18 heavy (non-hydrogen) atoms. The van der Waals surface area contributed by atoms with E-state index in [1.165, 1.54) is 0 Å². The minimum atomic E-state index is -0.185. The number of carbonyl (C=O) groups excluding carboxylic acids is 1. The van der Waals surface area contributed by atoms with Gasteiger partial charge in [-0.05, 0) is 31.0 Å². The monoisotopic (exact) mass is 248 g/mol. The Morgan fingerprint density at radius 2 is 2.00 bits per heavy atom. The summed E-state index contributed by atoms with van der Waals surface area (Å²) < 4.78 is 5.09. The van der Waals surface area contributed by atoms with Crippen LogP contribution in [0.1, 0.15) is 18.9 Å². The molecule has 1 aromatic rings. The predicted molar refractivity (Wildman–Crippen MR) is 70.5 cm³/mol. The van der Waals surface area contributed by atoms with Crippen LogP contribution in [0.5, 0.6) is 5.75 Å². The molecule has 1 aliphatic rings. The lowest BCUT2D eigenvalue weighted by molar-refractivity contribution is -0.138. The van der Waals surface area contributed by atoms with E-state index in [0.717, 1.165) is 17.7 Å². The molecule has 0 spiro atoms. The van der Waals surface area contributed by atoms with E-state index in [1.54, 1.807) is 7.11 Å². The summed E-state index contributed by atoms with van der Waals surface area (Å²) in [7, 11) is 1.65. The molecule has 1 aromatic carbocycles. The third-order valence-electron chi connectivity index (χ3n) is 3.24. The predicted octanol–water partition coefficient (Wildman–Crippen LogP) is 1.19. The zero-order chi connectivity index (χ0) is 13.2. The van der Waals surface area contributed by atoms with Crippen molar-refractivity contribution in [2.45, 2.75) is 25.3 Å². The van der Waals surface area contributed by atoms with Gasteiger partial charge in [0, 0.05) is 25.0 Å². The van der Waals surface area contributed by atoms with Crippen LogP contribution in [0.15, 0.2) is 24.3 Å². The third kappa shape index (κ3) is 3.01. The molecule has 0 aliphatic carbocycles. The van der Waals surface area contributed by atoms with E-state index in [1.807, 2.05) is 36.1 Å². The van der Waals surface area contributed by atoms with Crippen molar-refractivity contribution >= 4 is 5.91 Å².